The largest absolute Gasteiger partial charge is 0.494 e. The van der Waals surface area contributed by atoms with Crippen LogP contribution in [0.25, 0.3) is 0 Å². The van der Waals surface area contributed by atoms with Crippen LogP contribution >= 0.6 is 0 Å². The van der Waals surface area contributed by atoms with Crippen LogP contribution < -0.4 is 10.1 Å². The molecule has 0 aliphatic carbocycles. The van der Waals surface area contributed by atoms with Gasteiger partial charge in [0.25, 0.3) is 0 Å². The number of carbonyl (C=O) groups is 1. The van der Waals surface area contributed by atoms with Crippen LogP contribution in [-0.4, -0.2) is 35.7 Å². The highest BCUT2D eigenvalue weighted by atomic mass is 19.4. The number of esters is 1. The highest BCUT2D eigenvalue weighted by Gasteiger charge is 2.69. The van der Waals surface area contributed by atoms with Gasteiger partial charge in [0, 0.05) is 11.8 Å². The number of carbonyl (C=O) groups excluding carboxylic acids is 1. The first kappa shape index (κ1) is 24.5. The predicted molar refractivity (Wildman–Crippen MR) is 113 cm³/mol. The lowest BCUT2D eigenvalue weighted by Gasteiger charge is -2.32. The van der Waals surface area contributed by atoms with Crippen LogP contribution in [0.2, 0.25) is 0 Å². The molecule has 0 bridgehead atoms. The second-order valence-corrected chi connectivity index (χ2v) is 8.31. The summed E-state index contributed by atoms with van der Waals surface area (Å²) in [5.74, 6) is -1.16. The fourth-order valence-corrected chi connectivity index (χ4v) is 4.76. The van der Waals surface area contributed by atoms with Crippen LogP contribution in [0, 0.1) is 10.1 Å². The number of halogens is 3. The number of benzene rings is 2. The van der Waals surface area contributed by atoms with Crippen molar-refractivity contribution in [3.05, 3.63) is 75.3 Å². The summed E-state index contributed by atoms with van der Waals surface area (Å²) in [5, 5.41) is 15.5. The average Bonchev–Trinajstić information content (AvgIpc) is 3.03. The second kappa shape index (κ2) is 8.66. The average molecular weight is 466 g/mol. The Morgan fingerprint density at radius 2 is 1.64 bits per heavy atom. The predicted octanol–water partition coefficient (Wildman–Crippen LogP) is 4.50. The van der Waals surface area contributed by atoms with Crippen molar-refractivity contribution in [2.24, 2.45) is 0 Å². The summed E-state index contributed by atoms with van der Waals surface area (Å²) in [6.07, 6.45) is -4.54. The van der Waals surface area contributed by atoms with Gasteiger partial charge in [0.2, 0.25) is 5.54 Å². The molecule has 2 aromatic carbocycles. The maximum absolute atomic E-state index is 13.0. The lowest BCUT2D eigenvalue weighted by atomic mass is 9.70. The summed E-state index contributed by atoms with van der Waals surface area (Å²) in [5.41, 5.74) is -3.45. The monoisotopic (exact) mass is 466 g/mol. The molecule has 0 spiro atoms. The van der Waals surface area contributed by atoms with Crippen LogP contribution in [0.3, 0.4) is 0 Å². The molecule has 1 aliphatic heterocycles. The minimum absolute atomic E-state index is 0.255. The molecule has 1 N–H and O–H groups in total. The molecule has 0 amide bonds. The third kappa shape index (κ3) is 4.15. The minimum Gasteiger partial charge on any atom is -0.494 e. The summed E-state index contributed by atoms with van der Waals surface area (Å²) in [6, 6.07) is 9.67. The van der Waals surface area contributed by atoms with Crippen molar-refractivity contribution in [1.82, 2.24) is 5.32 Å². The first-order valence-electron chi connectivity index (χ1n) is 10.3. The number of nitrogens with zero attached hydrogens (tertiary/aromatic N) is 1. The van der Waals surface area contributed by atoms with Crippen LogP contribution in [0.5, 0.6) is 5.75 Å². The summed E-state index contributed by atoms with van der Waals surface area (Å²) < 4.78 is 49.5. The molecule has 0 saturated carbocycles. The van der Waals surface area contributed by atoms with E-state index in [-0.39, 0.29) is 5.56 Å². The van der Waals surface area contributed by atoms with Gasteiger partial charge >= 0.3 is 12.1 Å². The van der Waals surface area contributed by atoms with E-state index in [0.717, 1.165) is 12.1 Å². The molecule has 178 valence electrons. The van der Waals surface area contributed by atoms with E-state index in [4.69, 9.17) is 9.47 Å². The lowest BCUT2D eigenvalue weighted by molar-refractivity contribution is -0.571. The smallest absolute Gasteiger partial charge is 0.416 e. The van der Waals surface area contributed by atoms with Crippen molar-refractivity contribution in [1.29, 1.82) is 0 Å². The maximum Gasteiger partial charge on any atom is 0.416 e. The van der Waals surface area contributed by atoms with E-state index >= 15 is 0 Å². The van der Waals surface area contributed by atoms with E-state index in [0.29, 0.717) is 17.9 Å². The van der Waals surface area contributed by atoms with Crippen molar-refractivity contribution in [3.63, 3.8) is 0 Å². The lowest BCUT2D eigenvalue weighted by Crippen LogP contribution is -2.51. The normalized spacial score (nSPS) is 27.2. The van der Waals surface area contributed by atoms with Crippen LogP contribution in [0.15, 0.2) is 48.5 Å². The Bertz CT molecular complexity index is 1030. The zero-order valence-corrected chi connectivity index (χ0v) is 18.6. The van der Waals surface area contributed by atoms with Gasteiger partial charge in [-0.15, -0.1) is 0 Å². The third-order valence-corrected chi connectivity index (χ3v) is 6.29. The Labute approximate surface area is 189 Å². The molecule has 1 heterocycles. The molecule has 1 aliphatic rings. The van der Waals surface area contributed by atoms with Crippen molar-refractivity contribution >= 4 is 5.97 Å². The number of rotatable bonds is 6. The number of alkyl halides is 3. The van der Waals surface area contributed by atoms with Crippen molar-refractivity contribution in [3.8, 4) is 5.75 Å². The van der Waals surface area contributed by atoms with Gasteiger partial charge in [-0.05, 0) is 49.2 Å². The molecular formula is C23H25F3N2O5. The Balaban J connectivity index is 2.16. The molecule has 1 saturated heterocycles. The number of hydrogen-bond acceptors (Lipinski definition) is 6. The third-order valence-electron chi connectivity index (χ3n) is 6.29. The highest BCUT2D eigenvalue weighted by molar-refractivity contribution is 5.83. The fraction of sp³-hybridized carbons (Fsp3) is 0.435. The maximum atomic E-state index is 13.0. The van der Waals surface area contributed by atoms with Crippen molar-refractivity contribution < 1.29 is 32.4 Å². The zero-order chi connectivity index (χ0) is 24.6. The quantitative estimate of drug-likeness (QED) is 0.383. The number of ether oxygens (including phenoxy) is 2. The molecule has 33 heavy (non-hydrogen) atoms. The molecule has 7 nitrogen and oxygen atoms in total. The first-order chi connectivity index (χ1) is 15.4. The molecule has 3 rings (SSSR count). The number of hydrogen-bond donors (Lipinski definition) is 1. The minimum atomic E-state index is -4.54. The standard InChI is InChI=1S/C23H25F3N2O5/c1-5-33-17-12-8-14(9-13-17)18-21(2,20(29)32-4)27-19(22(18,3)28(30)31)15-6-10-16(11-7-15)23(24,25)26/h6-13,18-19,27H,5H2,1-4H3/t18-,19+,21+,22+/m1/s1. The van der Waals surface area contributed by atoms with Crippen molar-refractivity contribution in [2.75, 3.05) is 13.7 Å². The summed E-state index contributed by atoms with van der Waals surface area (Å²) in [6.45, 7) is 5.15. The summed E-state index contributed by atoms with van der Waals surface area (Å²) in [7, 11) is 1.18. The fourth-order valence-electron chi connectivity index (χ4n) is 4.76. The van der Waals surface area contributed by atoms with Gasteiger partial charge in [0.05, 0.1) is 25.2 Å². The van der Waals surface area contributed by atoms with Crippen LogP contribution in [0.1, 0.15) is 49.4 Å². The summed E-state index contributed by atoms with van der Waals surface area (Å²) in [4.78, 5) is 24.9. The first-order valence-corrected chi connectivity index (χ1v) is 10.3. The van der Waals surface area contributed by atoms with Gasteiger partial charge in [-0.2, -0.15) is 13.2 Å². The SMILES string of the molecule is CCOc1ccc([C@H]2[C@](C)([N+](=O)[O-])[C@H](c3ccc(C(F)(F)F)cc3)N[C@]2(C)C(=O)OC)cc1. The van der Waals surface area contributed by atoms with Gasteiger partial charge in [-0.3, -0.25) is 20.2 Å². The van der Waals surface area contributed by atoms with Gasteiger partial charge < -0.3 is 9.47 Å². The highest BCUT2D eigenvalue weighted by Crippen LogP contribution is 2.53. The number of nitro groups is 1. The van der Waals surface area contributed by atoms with E-state index in [1.165, 1.54) is 33.1 Å². The van der Waals surface area contributed by atoms with Crippen molar-refractivity contribution in [2.45, 2.75) is 50.0 Å². The summed E-state index contributed by atoms with van der Waals surface area (Å²) >= 11 is 0. The number of nitrogens with one attached hydrogen (secondary N) is 1. The van der Waals surface area contributed by atoms with E-state index in [2.05, 4.69) is 5.32 Å². The molecular weight excluding hydrogens is 441 g/mol. The molecule has 4 atom stereocenters. The van der Waals surface area contributed by atoms with E-state index in [9.17, 15) is 28.1 Å². The van der Waals surface area contributed by atoms with Crippen LogP contribution in [0.4, 0.5) is 13.2 Å². The zero-order valence-electron chi connectivity index (χ0n) is 18.6. The Morgan fingerprint density at radius 3 is 2.09 bits per heavy atom. The molecule has 0 aromatic heterocycles. The number of methoxy groups -OCH3 is 1. The Kier molecular flexibility index (Phi) is 6.43. The van der Waals surface area contributed by atoms with E-state index in [1.54, 1.807) is 24.3 Å². The molecule has 0 unspecified atom stereocenters. The Morgan fingerprint density at radius 1 is 1.09 bits per heavy atom. The molecule has 2 aromatic rings. The van der Waals surface area contributed by atoms with Crippen LogP contribution in [-0.2, 0) is 15.7 Å². The van der Waals surface area contributed by atoms with E-state index in [1.807, 2.05) is 6.92 Å². The van der Waals surface area contributed by atoms with Gasteiger partial charge in [0.15, 0.2) is 0 Å². The van der Waals surface area contributed by atoms with Gasteiger partial charge in [0.1, 0.15) is 17.3 Å². The van der Waals surface area contributed by atoms with E-state index < -0.39 is 45.7 Å². The second-order valence-electron chi connectivity index (χ2n) is 8.31. The van der Waals surface area contributed by atoms with Gasteiger partial charge in [-0.25, -0.2) is 0 Å². The molecule has 10 heteroatoms. The molecule has 0 radical (unpaired) electrons. The topological polar surface area (TPSA) is 90.7 Å². The Hall–Kier alpha value is -3.14. The van der Waals surface area contributed by atoms with Gasteiger partial charge in [-0.1, -0.05) is 24.3 Å². The molecule has 1 fully saturated rings.